The van der Waals surface area contributed by atoms with Crippen molar-refractivity contribution < 1.29 is 9.18 Å². The molecule has 1 N–H and O–H groups in total. The molecule has 1 heterocycles. The summed E-state index contributed by atoms with van der Waals surface area (Å²) in [5.74, 6) is -0.217. The van der Waals surface area contributed by atoms with E-state index >= 15 is 0 Å². The molecule has 2 aromatic rings. The third kappa shape index (κ3) is 3.85. The molecule has 1 aliphatic heterocycles. The number of nitrogens with one attached hydrogen (secondary N) is 1. The zero-order chi connectivity index (χ0) is 16.9. The fourth-order valence-electron chi connectivity index (χ4n) is 3.06. The number of carbonyl (C=O) groups excluding carboxylic acids is 1. The normalized spacial score (nSPS) is 15.2. The molecule has 24 heavy (non-hydrogen) atoms. The van der Waals surface area contributed by atoms with Crippen molar-refractivity contribution >= 4 is 17.4 Å². The molecular weight excluding hydrogens is 305 g/mol. The molecule has 0 saturated carbocycles. The minimum atomic E-state index is -0.217. The number of para-hydroxylation sites is 1. The van der Waals surface area contributed by atoms with Gasteiger partial charge >= 0.3 is 6.03 Å². The topological polar surface area (TPSA) is 35.6 Å². The number of halogens is 1. The van der Waals surface area contributed by atoms with Gasteiger partial charge in [-0.05, 0) is 49.2 Å². The summed E-state index contributed by atoms with van der Waals surface area (Å²) in [4.78, 5) is 16.4. The predicted molar refractivity (Wildman–Crippen MR) is 94.9 cm³/mol. The molecule has 126 valence electrons. The lowest BCUT2D eigenvalue weighted by Crippen LogP contribution is -2.47. The van der Waals surface area contributed by atoms with Crippen molar-refractivity contribution in [2.45, 2.75) is 18.9 Å². The number of benzene rings is 2. The van der Waals surface area contributed by atoms with Crippen LogP contribution in [0.3, 0.4) is 0 Å². The van der Waals surface area contributed by atoms with E-state index in [1.807, 2.05) is 49.5 Å². The maximum Gasteiger partial charge on any atom is 0.321 e. The first kappa shape index (κ1) is 16.3. The number of hydrogen-bond acceptors (Lipinski definition) is 2. The third-order valence-electron chi connectivity index (χ3n) is 4.55. The smallest absolute Gasteiger partial charge is 0.321 e. The van der Waals surface area contributed by atoms with Crippen molar-refractivity contribution in [3.05, 3.63) is 60.4 Å². The lowest BCUT2D eigenvalue weighted by atomic mass is 10.0. The molecule has 1 fully saturated rings. The van der Waals surface area contributed by atoms with Gasteiger partial charge in [-0.25, -0.2) is 9.18 Å². The quantitative estimate of drug-likeness (QED) is 0.926. The van der Waals surface area contributed by atoms with Gasteiger partial charge < -0.3 is 15.1 Å². The summed E-state index contributed by atoms with van der Waals surface area (Å²) >= 11 is 0. The lowest BCUT2D eigenvalue weighted by Gasteiger charge is -2.37. The van der Waals surface area contributed by atoms with Gasteiger partial charge in [0.1, 0.15) is 5.82 Å². The summed E-state index contributed by atoms with van der Waals surface area (Å²) < 4.78 is 13.0. The zero-order valence-electron chi connectivity index (χ0n) is 13.8. The molecule has 4 nitrogen and oxygen atoms in total. The van der Waals surface area contributed by atoms with E-state index in [2.05, 4.69) is 10.2 Å². The number of anilines is 2. The summed E-state index contributed by atoms with van der Waals surface area (Å²) in [6.45, 7) is 1.72. The standard InChI is InChI=1S/C19H22FN3O/c1-22(19(24)21-16-5-3-2-4-6-16)17-11-13-23(14-12-17)18-9-7-15(20)8-10-18/h2-10,17H,11-14H2,1H3,(H,21,24). The highest BCUT2D eigenvalue weighted by atomic mass is 19.1. The molecule has 0 spiro atoms. The Kier molecular flexibility index (Phi) is 4.99. The average molecular weight is 327 g/mol. The first-order valence-electron chi connectivity index (χ1n) is 8.23. The highest BCUT2D eigenvalue weighted by molar-refractivity contribution is 5.89. The Morgan fingerprint density at radius 2 is 1.71 bits per heavy atom. The fourth-order valence-corrected chi connectivity index (χ4v) is 3.06. The second-order valence-electron chi connectivity index (χ2n) is 6.10. The van der Waals surface area contributed by atoms with E-state index in [0.717, 1.165) is 37.3 Å². The van der Waals surface area contributed by atoms with Gasteiger partial charge in [-0.15, -0.1) is 0 Å². The van der Waals surface area contributed by atoms with Crippen LogP contribution < -0.4 is 10.2 Å². The summed E-state index contributed by atoms with van der Waals surface area (Å²) in [7, 11) is 1.84. The predicted octanol–water partition coefficient (Wildman–Crippen LogP) is 3.96. The second-order valence-corrected chi connectivity index (χ2v) is 6.10. The minimum Gasteiger partial charge on any atom is -0.371 e. The van der Waals surface area contributed by atoms with Gasteiger partial charge in [0.25, 0.3) is 0 Å². The van der Waals surface area contributed by atoms with Gasteiger partial charge in [0, 0.05) is 37.6 Å². The van der Waals surface area contributed by atoms with E-state index in [9.17, 15) is 9.18 Å². The molecule has 0 aliphatic carbocycles. The molecule has 0 radical (unpaired) electrons. The lowest BCUT2D eigenvalue weighted by molar-refractivity contribution is 0.193. The number of rotatable bonds is 3. The molecule has 5 heteroatoms. The number of hydrogen-bond donors (Lipinski definition) is 1. The molecule has 1 saturated heterocycles. The van der Waals surface area contributed by atoms with E-state index in [1.54, 1.807) is 4.90 Å². The Morgan fingerprint density at radius 1 is 1.08 bits per heavy atom. The Bertz CT molecular complexity index is 667. The second kappa shape index (κ2) is 7.34. The Hall–Kier alpha value is -2.56. The Labute approximate surface area is 141 Å². The Morgan fingerprint density at radius 3 is 2.33 bits per heavy atom. The molecule has 1 aliphatic rings. The third-order valence-corrected chi connectivity index (χ3v) is 4.55. The van der Waals surface area contributed by atoms with Gasteiger partial charge in [-0.2, -0.15) is 0 Å². The van der Waals surface area contributed by atoms with Crippen LogP contribution in [-0.4, -0.2) is 37.1 Å². The van der Waals surface area contributed by atoms with E-state index < -0.39 is 0 Å². The van der Waals surface area contributed by atoms with Crippen LogP contribution in [-0.2, 0) is 0 Å². The van der Waals surface area contributed by atoms with Crippen molar-refractivity contribution in [1.29, 1.82) is 0 Å². The van der Waals surface area contributed by atoms with E-state index in [0.29, 0.717) is 0 Å². The number of nitrogens with zero attached hydrogens (tertiary/aromatic N) is 2. The maximum atomic E-state index is 13.0. The van der Waals surface area contributed by atoms with Crippen molar-refractivity contribution in [3.63, 3.8) is 0 Å². The average Bonchev–Trinajstić information content (AvgIpc) is 2.63. The van der Waals surface area contributed by atoms with E-state index in [-0.39, 0.29) is 17.9 Å². The van der Waals surface area contributed by atoms with Crippen LogP contribution in [0.25, 0.3) is 0 Å². The molecule has 0 aromatic heterocycles. The fraction of sp³-hybridized carbons (Fsp3) is 0.316. The number of amides is 2. The summed E-state index contributed by atoms with van der Waals surface area (Å²) in [5, 5.41) is 2.92. The van der Waals surface area contributed by atoms with Crippen molar-refractivity contribution in [1.82, 2.24) is 4.90 Å². The zero-order valence-corrected chi connectivity index (χ0v) is 13.8. The van der Waals surface area contributed by atoms with E-state index in [1.165, 1.54) is 12.1 Å². The highest BCUT2D eigenvalue weighted by Crippen LogP contribution is 2.22. The molecule has 2 aromatic carbocycles. The maximum absolute atomic E-state index is 13.0. The van der Waals surface area contributed by atoms with Crippen molar-refractivity contribution in [2.24, 2.45) is 0 Å². The van der Waals surface area contributed by atoms with Crippen LogP contribution in [0.15, 0.2) is 54.6 Å². The highest BCUT2D eigenvalue weighted by Gasteiger charge is 2.25. The van der Waals surface area contributed by atoms with Gasteiger partial charge in [0.2, 0.25) is 0 Å². The molecule has 0 bridgehead atoms. The first-order chi connectivity index (χ1) is 11.6. The molecular formula is C19H22FN3O. The van der Waals surface area contributed by atoms with Crippen LogP contribution in [0.1, 0.15) is 12.8 Å². The monoisotopic (exact) mass is 327 g/mol. The number of piperidine rings is 1. The van der Waals surface area contributed by atoms with E-state index in [4.69, 9.17) is 0 Å². The van der Waals surface area contributed by atoms with Crippen LogP contribution in [0.5, 0.6) is 0 Å². The molecule has 2 amide bonds. The van der Waals surface area contributed by atoms with Gasteiger partial charge in [-0.3, -0.25) is 0 Å². The SMILES string of the molecule is CN(C(=O)Nc1ccccc1)C1CCN(c2ccc(F)cc2)CC1. The van der Waals surface area contributed by atoms with Crippen LogP contribution in [0.2, 0.25) is 0 Å². The number of carbonyl (C=O) groups is 1. The first-order valence-corrected chi connectivity index (χ1v) is 8.23. The largest absolute Gasteiger partial charge is 0.371 e. The summed E-state index contributed by atoms with van der Waals surface area (Å²) in [6.07, 6.45) is 1.80. The van der Waals surface area contributed by atoms with Crippen LogP contribution >= 0.6 is 0 Å². The van der Waals surface area contributed by atoms with Crippen molar-refractivity contribution in [3.8, 4) is 0 Å². The van der Waals surface area contributed by atoms with Crippen molar-refractivity contribution in [2.75, 3.05) is 30.4 Å². The molecule has 0 unspecified atom stereocenters. The summed E-state index contributed by atoms with van der Waals surface area (Å²) in [6, 6.07) is 16.2. The van der Waals surface area contributed by atoms with Gasteiger partial charge in [0.05, 0.1) is 0 Å². The summed E-state index contributed by atoms with van der Waals surface area (Å²) in [5.41, 5.74) is 1.84. The van der Waals surface area contributed by atoms with Crippen LogP contribution in [0, 0.1) is 5.82 Å². The Balaban J connectivity index is 1.54. The van der Waals surface area contributed by atoms with Gasteiger partial charge in [-0.1, -0.05) is 18.2 Å². The number of urea groups is 1. The van der Waals surface area contributed by atoms with Gasteiger partial charge in [0.15, 0.2) is 0 Å². The minimum absolute atomic E-state index is 0.0820. The molecule has 3 rings (SSSR count). The molecule has 0 atom stereocenters. The van der Waals surface area contributed by atoms with Crippen LogP contribution in [0.4, 0.5) is 20.6 Å².